The van der Waals surface area contributed by atoms with Crippen LogP contribution in [0.25, 0.3) is 0 Å². The first kappa shape index (κ1) is 12.5. The Morgan fingerprint density at radius 2 is 2.39 bits per heavy atom. The van der Waals surface area contributed by atoms with Gasteiger partial charge in [-0.3, -0.25) is 14.7 Å². The molecule has 0 bridgehead atoms. The van der Waals surface area contributed by atoms with Crippen molar-refractivity contribution < 1.29 is 14.7 Å². The fourth-order valence-electron chi connectivity index (χ4n) is 2.47. The van der Waals surface area contributed by atoms with Crippen LogP contribution in [0.3, 0.4) is 0 Å². The van der Waals surface area contributed by atoms with Gasteiger partial charge in [0.15, 0.2) is 0 Å². The van der Waals surface area contributed by atoms with Crippen molar-refractivity contribution in [1.82, 2.24) is 20.1 Å². The number of likely N-dealkylation sites (tertiary alicyclic amines) is 1. The van der Waals surface area contributed by atoms with Crippen LogP contribution in [0.5, 0.6) is 0 Å². The average molecular weight is 252 g/mol. The first-order valence-corrected chi connectivity index (χ1v) is 5.97. The lowest BCUT2D eigenvalue weighted by Gasteiger charge is -2.23. The molecule has 2 N–H and O–H groups in total. The van der Waals surface area contributed by atoms with Gasteiger partial charge in [0.1, 0.15) is 6.33 Å². The Labute approximate surface area is 104 Å². The molecule has 0 radical (unpaired) electrons. The van der Waals surface area contributed by atoms with E-state index in [2.05, 4.69) is 15.2 Å². The van der Waals surface area contributed by atoms with E-state index < -0.39 is 11.4 Å². The summed E-state index contributed by atoms with van der Waals surface area (Å²) in [5.41, 5.74) is -0.801. The summed E-state index contributed by atoms with van der Waals surface area (Å²) in [6.45, 7) is 2.65. The van der Waals surface area contributed by atoms with E-state index in [1.807, 2.05) is 6.92 Å². The number of rotatable bonds is 4. The Morgan fingerprint density at radius 1 is 1.61 bits per heavy atom. The predicted octanol–water partition coefficient (Wildman–Crippen LogP) is 0.522. The topological polar surface area (TPSA) is 99.2 Å². The molecule has 1 atom stereocenters. The summed E-state index contributed by atoms with van der Waals surface area (Å²) in [5, 5.41) is 15.5. The van der Waals surface area contributed by atoms with Gasteiger partial charge in [0.25, 0.3) is 5.91 Å². The summed E-state index contributed by atoms with van der Waals surface area (Å²) in [6.07, 6.45) is 3.13. The number of aromatic amines is 1. The molecule has 0 aliphatic carbocycles. The standard InChI is InChI=1S/C11H16N4O3/c1-2-3-11(10(17)18)4-5-15(6-11)9(16)8-12-7-13-14-8/h7H,2-6H2,1H3,(H,17,18)(H,12,13,14). The minimum absolute atomic E-state index is 0.160. The highest BCUT2D eigenvalue weighted by Crippen LogP contribution is 2.35. The maximum atomic E-state index is 12.0. The molecule has 0 spiro atoms. The fraction of sp³-hybridized carbons (Fsp3) is 0.636. The molecule has 18 heavy (non-hydrogen) atoms. The Kier molecular flexibility index (Phi) is 3.31. The zero-order valence-corrected chi connectivity index (χ0v) is 10.2. The summed E-state index contributed by atoms with van der Waals surface area (Å²) in [7, 11) is 0. The summed E-state index contributed by atoms with van der Waals surface area (Å²) >= 11 is 0. The van der Waals surface area contributed by atoms with Crippen LogP contribution < -0.4 is 0 Å². The third-order valence-corrected chi connectivity index (χ3v) is 3.44. The van der Waals surface area contributed by atoms with Gasteiger partial charge in [-0.05, 0) is 12.8 Å². The van der Waals surface area contributed by atoms with Crippen molar-refractivity contribution in [1.29, 1.82) is 0 Å². The molecule has 1 saturated heterocycles. The number of nitrogens with zero attached hydrogens (tertiary/aromatic N) is 3. The van der Waals surface area contributed by atoms with Gasteiger partial charge in [-0.1, -0.05) is 13.3 Å². The number of amides is 1. The van der Waals surface area contributed by atoms with Crippen LogP contribution in [0.4, 0.5) is 0 Å². The number of H-pyrrole nitrogens is 1. The van der Waals surface area contributed by atoms with Crippen molar-refractivity contribution in [2.75, 3.05) is 13.1 Å². The second-order valence-electron chi connectivity index (χ2n) is 4.65. The fourth-order valence-corrected chi connectivity index (χ4v) is 2.47. The number of hydrogen-bond acceptors (Lipinski definition) is 4. The van der Waals surface area contributed by atoms with Gasteiger partial charge in [0, 0.05) is 13.1 Å². The minimum atomic E-state index is -0.822. The normalized spacial score (nSPS) is 23.3. The molecule has 1 aliphatic rings. The number of hydrogen-bond donors (Lipinski definition) is 2. The van der Waals surface area contributed by atoms with Gasteiger partial charge >= 0.3 is 5.97 Å². The van der Waals surface area contributed by atoms with E-state index in [9.17, 15) is 14.7 Å². The first-order chi connectivity index (χ1) is 8.59. The average Bonchev–Trinajstić information content (AvgIpc) is 2.98. The van der Waals surface area contributed by atoms with Crippen LogP contribution in [0.1, 0.15) is 36.8 Å². The molecule has 98 valence electrons. The maximum absolute atomic E-state index is 12.0. The Balaban J connectivity index is 2.11. The number of carboxylic acids is 1. The van der Waals surface area contributed by atoms with Crippen LogP contribution >= 0.6 is 0 Å². The quantitative estimate of drug-likeness (QED) is 0.814. The van der Waals surface area contributed by atoms with Crippen molar-refractivity contribution in [2.24, 2.45) is 5.41 Å². The van der Waals surface area contributed by atoms with Crippen LogP contribution in [0.2, 0.25) is 0 Å². The molecule has 1 aliphatic heterocycles. The smallest absolute Gasteiger partial charge is 0.311 e. The van der Waals surface area contributed by atoms with Crippen LogP contribution in [-0.4, -0.2) is 50.2 Å². The summed E-state index contributed by atoms with van der Waals surface area (Å²) in [5.74, 6) is -0.948. The third kappa shape index (κ3) is 2.07. The molecule has 7 nitrogen and oxygen atoms in total. The van der Waals surface area contributed by atoms with Gasteiger partial charge < -0.3 is 10.0 Å². The molecular weight excluding hydrogens is 236 g/mol. The van der Waals surface area contributed by atoms with E-state index in [4.69, 9.17) is 0 Å². The zero-order chi connectivity index (χ0) is 13.2. The van der Waals surface area contributed by atoms with Gasteiger partial charge in [0.05, 0.1) is 5.41 Å². The van der Waals surface area contributed by atoms with Gasteiger partial charge in [0.2, 0.25) is 5.82 Å². The Morgan fingerprint density at radius 3 is 2.94 bits per heavy atom. The monoisotopic (exact) mass is 252 g/mol. The van der Waals surface area contributed by atoms with Gasteiger partial charge in [-0.15, -0.1) is 0 Å². The van der Waals surface area contributed by atoms with Crippen LogP contribution in [0.15, 0.2) is 6.33 Å². The van der Waals surface area contributed by atoms with Crippen LogP contribution in [0, 0.1) is 5.41 Å². The lowest BCUT2D eigenvalue weighted by atomic mass is 9.83. The molecule has 1 unspecified atom stereocenters. The lowest BCUT2D eigenvalue weighted by Crippen LogP contribution is -2.37. The van der Waals surface area contributed by atoms with Crippen molar-refractivity contribution in [2.45, 2.75) is 26.2 Å². The van der Waals surface area contributed by atoms with Crippen molar-refractivity contribution in [3.05, 3.63) is 12.2 Å². The number of carbonyl (C=O) groups excluding carboxylic acids is 1. The number of aliphatic carboxylic acids is 1. The van der Waals surface area contributed by atoms with E-state index in [0.717, 1.165) is 6.42 Å². The molecule has 1 amide bonds. The van der Waals surface area contributed by atoms with Crippen molar-refractivity contribution >= 4 is 11.9 Å². The SMILES string of the molecule is CCCC1(C(=O)O)CCN(C(=O)c2ncn[nH]2)C1. The highest BCUT2D eigenvalue weighted by atomic mass is 16.4. The highest BCUT2D eigenvalue weighted by Gasteiger charge is 2.45. The first-order valence-electron chi connectivity index (χ1n) is 5.97. The Hall–Kier alpha value is -1.92. The highest BCUT2D eigenvalue weighted by molar-refractivity contribution is 5.91. The minimum Gasteiger partial charge on any atom is -0.481 e. The zero-order valence-electron chi connectivity index (χ0n) is 10.2. The van der Waals surface area contributed by atoms with Crippen LogP contribution in [-0.2, 0) is 4.79 Å². The van der Waals surface area contributed by atoms with E-state index in [-0.39, 0.29) is 18.3 Å². The van der Waals surface area contributed by atoms with E-state index in [0.29, 0.717) is 19.4 Å². The molecule has 2 rings (SSSR count). The molecule has 0 aromatic carbocycles. The largest absolute Gasteiger partial charge is 0.481 e. The second kappa shape index (κ2) is 4.75. The maximum Gasteiger partial charge on any atom is 0.311 e. The van der Waals surface area contributed by atoms with Crippen molar-refractivity contribution in [3.63, 3.8) is 0 Å². The molecule has 1 aromatic rings. The third-order valence-electron chi connectivity index (χ3n) is 3.44. The summed E-state index contributed by atoms with van der Waals surface area (Å²) < 4.78 is 0. The number of carboxylic acid groups (broad SMARTS) is 1. The Bertz CT molecular complexity index is 445. The van der Waals surface area contributed by atoms with E-state index >= 15 is 0 Å². The second-order valence-corrected chi connectivity index (χ2v) is 4.65. The number of nitrogens with one attached hydrogen (secondary N) is 1. The summed E-state index contributed by atoms with van der Waals surface area (Å²) in [4.78, 5) is 28.7. The van der Waals surface area contributed by atoms with E-state index in [1.165, 1.54) is 11.2 Å². The summed E-state index contributed by atoms with van der Waals surface area (Å²) in [6, 6.07) is 0. The van der Waals surface area contributed by atoms with Gasteiger partial charge in [-0.25, -0.2) is 4.98 Å². The molecule has 1 fully saturated rings. The molecule has 1 aromatic heterocycles. The predicted molar refractivity (Wildman–Crippen MR) is 61.9 cm³/mol. The van der Waals surface area contributed by atoms with E-state index in [1.54, 1.807) is 0 Å². The number of carbonyl (C=O) groups is 2. The van der Waals surface area contributed by atoms with Crippen molar-refractivity contribution in [3.8, 4) is 0 Å². The number of aromatic nitrogens is 3. The molecule has 2 heterocycles. The lowest BCUT2D eigenvalue weighted by molar-refractivity contribution is -0.148. The molecule has 7 heteroatoms. The molecule has 0 saturated carbocycles. The molecular formula is C11H16N4O3. The van der Waals surface area contributed by atoms with Gasteiger partial charge in [-0.2, -0.15) is 5.10 Å².